The molecule has 1 heterocycles. The van der Waals surface area contributed by atoms with Gasteiger partial charge in [0.15, 0.2) is 0 Å². The van der Waals surface area contributed by atoms with E-state index in [1.54, 1.807) is 11.3 Å². The maximum atomic E-state index is 9.77. The van der Waals surface area contributed by atoms with Crippen molar-refractivity contribution < 1.29 is 5.11 Å². The van der Waals surface area contributed by atoms with Gasteiger partial charge in [0.2, 0.25) is 0 Å². The van der Waals surface area contributed by atoms with E-state index >= 15 is 0 Å². The van der Waals surface area contributed by atoms with Gasteiger partial charge in [-0.3, -0.25) is 4.90 Å². The molecule has 3 rings (SSSR count). The highest BCUT2D eigenvalue weighted by Crippen LogP contribution is 2.41. The molecule has 18 heavy (non-hydrogen) atoms. The Labute approximate surface area is 114 Å². The molecule has 0 atom stereocenters. The molecule has 0 aliphatic heterocycles. The average Bonchev–Trinajstić information content (AvgIpc) is 2.92. The molecule has 0 amide bonds. The molecule has 0 spiro atoms. The van der Waals surface area contributed by atoms with E-state index in [2.05, 4.69) is 21.7 Å². The van der Waals surface area contributed by atoms with E-state index in [1.807, 2.05) is 0 Å². The molecule has 2 aliphatic rings. The van der Waals surface area contributed by atoms with Gasteiger partial charge in [-0.15, -0.1) is 0 Å². The maximum absolute atomic E-state index is 9.77. The quantitative estimate of drug-likeness (QED) is 0.853. The molecular weight excluding hydrogens is 242 g/mol. The van der Waals surface area contributed by atoms with Crippen LogP contribution >= 0.6 is 11.3 Å². The zero-order chi connectivity index (χ0) is 12.4. The lowest BCUT2D eigenvalue weighted by Gasteiger charge is -2.34. The first-order valence-corrected chi connectivity index (χ1v) is 8.12. The minimum absolute atomic E-state index is 0.207. The van der Waals surface area contributed by atoms with Crippen molar-refractivity contribution in [3.63, 3.8) is 0 Å². The highest BCUT2D eigenvalue weighted by Gasteiger charge is 2.39. The molecular formula is C15H23NOS. The summed E-state index contributed by atoms with van der Waals surface area (Å²) in [6.07, 6.45) is 7.75. The predicted molar refractivity (Wildman–Crippen MR) is 75.7 cm³/mol. The number of aliphatic hydroxyl groups is 1. The van der Waals surface area contributed by atoms with Crippen molar-refractivity contribution in [3.05, 3.63) is 22.4 Å². The van der Waals surface area contributed by atoms with Gasteiger partial charge in [-0.05, 0) is 48.1 Å². The Hall–Kier alpha value is -0.380. The first kappa shape index (κ1) is 12.6. The molecule has 1 N–H and O–H groups in total. The van der Waals surface area contributed by atoms with Crippen molar-refractivity contribution in [2.45, 2.75) is 51.1 Å². The van der Waals surface area contributed by atoms with E-state index in [-0.39, 0.29) is 5.41 Å². The van der Waals surface area contributed by atoms with E-state index < -0.39 is 0 Å². The molecule has 1 aromatic rings. The third kappa shape index (κ3) is 2.79. The smallest absolute Gasteiger partial charge is 0.0499 e. The maximum Gasteiger partial charge on any atom is 0.0499 e. The Morgan fingerprint density at radius 2 is 2.11 bits per heavy atom. The van der Waals surface area contributed by atoms with Gasteiger partial charge in [-0.1, -0.05) is 12.8 Å². The van der Waals surface area contributed by atoms with E-state index in [0.29, 0.717) is 6.61 Å². The van der Waals surface area contributed by atoms with Gasteiger partial charge >= 0.3 is 0 Å². The molecule has 2 fully saturated rings. The third-order valence-corrected chi connectivity index (χ3v) is 5.30. The summed E-state index contributed by atoms with van der Waals surface area (Å²) in [6.45, 7) is 2.56. The van der Waals surface area contributed by atoms with Crippen molar-refractivity contribution in [3.8, 4) is 0 Å². The molecule has 100 valence electrons. The fourth-order valence-corrected chi connectivity index (χ4v) is 3.95. The Morgan fingerprint density at radius 1 is 1.33 bits per heavy atom. The third-order valence-electron chi connectivity index (χ3n) is 4.57. The fourth-order valence-electron chi connectivity index (χ4n) is 3.29. The van der Waals surface area contributed by atoms with Crippen molar-refractivity contribution >= 4 is 11.3 Å². The van der Waals surface area contributed by atoms with Gasteiger partial charge in [0.05, 0.1) is 0 Å². The number of aliphatic hydroxyl groups excluding tert-OH is 1. The van der Waals surface area contributed by atoms with Crippen LogP contribution in [0.25, 0.3) is 0 Å². The molecule has 0 radical (unpaired) electrons. The first-order chi connectivity index (χ1) is 8.81. The summed E-state index contributed by atoms with van der Waals surface area (Å²) in [7, 11) is 0. The Balaban J connectivity index is 1.66. The van der Waals surface area contributed by atoms with E-state index in [0.717, 1.165) is 19.1 Å². The van der Waals surface area contributed by atoms with E-state index in [1.165, 1.54) is 44.1 Å². The molecule has 2 nitrogen and oxygen atoms in total. The fraction of sp³-hybridized carbons (Fsp3) is 0.733. The summed E-state index contributed by atoms with van der Waals surface area (Å²) in [5.41, 5.74) is 1.65. The summed E-state index contributed by atoms with van der Waals surface area (Å²) < 4.78 is 0. The number of nitrogens with zero attached hydrogens (tertiary/aromatic N) is 1. The highest BCUT2D eigenvalue weighted by atomic mass is 32.1. The van der Waals surface area contributed by atoms with Crippen molar-refractivity contribution in [1.29, 1.82) is 0 Å². The molecule has 1 aromatic heterocycles. The lowest BCUT2D eigenvalue weighted by Crippen LogP contribution is -2.39. The first-order valence-electron chi connectivity index (χ1n) is 7.17. The van der Waals surface area contributed by atoms with Crippen LogP contribution in [0.3, 0.4) is 0 Å². The van der Waals surface area contributed by atoms with Crippen LogP contribution in [0.1, 0.15) is 44.1 Å². The van der Waals surface area contributed by atoms with Gasteiger partial charge in [-0.25, -0.2) is 0 Å². The molecule has 3 heteroatoms. The van der Waals surface area contributed by atoms with Crippen LogP contribution in [-0.4, -0.2) is 29.2 Å². The van der Waals surface area contributed by atoms with Gasteiger partial charge in [0.1, 0.15) is 0 Å². The number of hydrogen-bond donors (Lipinski definition) is 1. The van der Waals surface area contributed by atoms with Gasteiger partial charge < -0.3 is 5.11 Å². The second-order valence-corrected chi connectivity index (χ2v) is 6.91. The van der Waals surface area contributed by atoms with Crippen molar-refractivity contribution in [1.82, 2.24) is 4.90 Å². The van der Waals surface area contributed by atoms with Crippen LogP contribution < -0.4 is 0 Å². The summed E-state index contributed by atoms with van der Waals surface area (Å²) in [5.74, 6) is 0. The van der Waals surface area contributed by atoms with Gasteiger partial charge in [0.25, 0.3) is 0 Å². The molecule has 2 saturated carbocycles. The lowest BCUT2D eigenvalue weighted by molar-refractivity contribution is 0.0711. The van der Waals surface area contributed by atoms with Crippen LogP contribution in [0.5, 0.6) is 0 Å². The van der Waals surface area contributed by atoms with E-state index in [9.17, 15) is 5.11 Å². The number of hydrogen-bond acceptors (Lipinski definition) is 3. The molecule has 0 bridgehead atoms. The minimum Gasteiger partial charge on any atom is -0.396 e. The van der Waals surface area contributed by atoms with E-state index in [4.69, 9.17) is 0 Å². The van der Waals surface area contributed by atoms with Crippen LogP contribution in [0, 0.1) is 5.41 Å². The Kier molecular flexibility index (Phi) is 3.73. The molecule has 0 unspecified atom stereocenters. The van der Waals surface area contributed by atoms with Crippen molar-refractivity contribution in [2.75, 3.05) is 13.2 Å². The Morgan fingerprint density at radius 3 is 2.67 bits per heavy atom. The summed E-state index contributed by atoms with van der Waals surface area (Å²) in [4.78, 5) is 2.63. The number of rotatable bonds is 6. The summed E-state index contributed by atoms with van der Waals surface area (Å²) in [6, 6.07) is 3.02. The second kappa shape index (κ2) is 5.32. The van der Waals surface area contributed by atoms with Crippen LogP contribution in [0.4, 0.5) is 0 Å². The summed E-state index contributed by atoms with van der Waals surface area (Å²) >= 11 is 1.79. The van der Waals surface area contributed by atoms with Crippen LogP contribution in [-0.2, 0) is 6.54 Å². The van der Waals surface area contributed by atoms with Crippen LogP contribution in [0.2, 0.25) is 0 Å². The topological polar surface area (TPSA) is 23.5 Å². The Bertz CT molecular complexity index is 366. The largest absolute Gasteiger partial charge is 0.396 e. The molecule has 2 aliphatic carbocycles. The normalized spacial score (nSPS) is 22.8. The zero-order valence-corrected chi connectivity index (χ0v) is 11.8. The standard InChI is InChI=1S/C15H23NOS/c17-12-15(6-1-2-7-15)11-16(14-3-4-14)9-13-5-8-18-10-13/h5,8,10,14,17H,1-4,6-7,9,11-12H2. The SMILES string of the molecule is OCC1(CN(Cc2ccsc2)C2CC2)CCCC1. The number of thiophene rings is 1. The molecule has 0 aromatic carbocycles. The summed E-state index contributed by atoms with van der Waals surface area (Å²) in [5, 5.41) is 14.2. The van der Waals surface area contributed by atoms with Gasteiger partial charge in [0, 0.05) is 31.2 Å². The predicted octanol–water partition coefficient (Wildman–Crippen LogP) is 3.27. The lowest BCUT2D eigenvalue weighted by atomic mass is 9.86. The van der Waals surface area contributed by atoms with Crippen LogP contribution in [0.15, 0.2) is 16.8 Å². The minimum atomic E-state index is 0.207. The second-order valence-electron chi connectivity index (χ2n) is 6.13. The van der Waals surface area contributed by atoms with Gasteiger partial charge in [-0.2, -0.15) is 11.3 Å². The molecule has 0 saturated heterocycles. The highest BCUT2D eigenvalue weighted by molar-refractivity contribution is 7.07. The monoisotopic (exact) mass is 265 g/mol. The average molecular weight is 265 g/mol. The zero-order valence-electron chi connectivity index (χ0n) is 11.0. The van der Waals surface area contributed by atoms with Crippen molar-refractivity contribution in [2.24, 2.45) is 5.41 Å².